The van der Waals surface area contributed by atoms with E-state index in [0.717, 1.165) is 30.5 Å². The lowest BCUT2D eigenvalue weighted by molar-refractivity contribution is -0.257. The number of ether oxygens (including phenoxy) is 3. The number of hydrogen-bond donors (Lipinski definition) is 3. The summed E-state index contributed by atoms with van der Waals surface area (Å²) < 4.78 is 17.1. The van der Waals surface area contributed by atoms with Crippen LogP contribution in [0.15, 0.2) is 60.7 Å². The Bertz CT molecular complexity index is 1180. The van der Waals surface area contributed by atoms with Crippen molar-refractivity contribution in [2.75, 3.05) is 25.1 Å². The minimum atomic E-state index is -1.23. The molecular weight excluding hydrogens is 644 g/mol. The first-order valence-electron chi connectivity index (χ1n) is 19.8. The van der Waals surface area contributed by atoms with E-state index in [0.29, 0.717) is 25.9 Å². The van der Waals surface area contributed by atoms with Gasteiger partial charge < -0.3 is 29.7 Å². The summed E-state index contributed by atoms with van der Waals surface area (Å²) in [4.78, 5) is 27.4. The highest BCUT2D eigenvalue weighted by Gasteiger charge is 2.45. The maximum atomic E-state index is 13.1. The topological polar surface area (TPSA) is 118 Å². The molecule has 2 aromatic carbocycles. The molecule has 0 radical (unpaired) electrons. The Labute approximate surface area is 307 Å². The van der Waals surface area contributed by atoms with Gasteiger partial charge in [0.25, 0.3) is 0 Å². The fourth-order valence-corrected chi connectivity index (χ4v) is 6.78. The van der Waals surface area contributed by atoms with Crippen LogP contribution in [0.4, 0.5) is 10.5 Å². The fraction of sp³-hybridized carbons (Fsp3) is 0.667. The second-order valence-electron chi connectivity index (χ2n) is 14.1. The van der Waals surface area contributed by atoms with E-state index in [4.69, 9.17) is 14.2 Å². The molecule has 9 heteroatoms. The summed E-state index contributed by atoms with van der Waals surface area (Å²) in [6, 6.07) is 18.2. The van der Waals surface area contributed by atoms with Gasteiger partial charge in [0.15, 0.2) is 6.29 Å². The lowest BCUT2D eigenvalue weighted by Crippen LogP contribution is -2.63. The van der Waals surface area contributed by atoms with E-state index in [1.54, 1.807) is 4.90 Å². The van der Waals surface area contributed by atoms with Gasteiger partial charge in [-0.1, -0.05) is 145 Å². The molecule has 1 fully saturated rings. The summed E-state index contributed by atoms with van der Waals surface area (Å²) >= 11 is 0. The molecule has 1 saturated heterocycles. The maximum absolute atomic E-state index is 13.1. The Balaban J connectivity index is 1.31. The van der Waals surface area contributed by atoms with Crippen LogP contribution >= 0.6 is 0 Å². The zero-order valence-electron chi connectivity index (χ0n) is 31.4. The molecule has 0 aromatic heterocycles. The molecule has 51 heavy (non-hydrogen) atoms. The first-order chi connectivity index (χ1) is 24.9. The van der Waals surface area contributed by atoms with Crippen LogP contribution in [-0.2, 0) is 25.6 Å². The summed E-state index contributed by atoms with van der Waals surface area (Å²) in [5, 5.41) is 25.2. The number of benzene rings is 2. The molecule has 1 amide bonds. The van der Waals surface area contributed by atoms with E-state index in [-0.39, 0.29) is 18.8 Å². The van der Waals surface area contributed by atoms with Gasteiger partial charge in [0.05, 0.1) is 12.1 Å². The van der Waals surface area contributed by atoms with E-state index in [2.05, 4.69) is 12.2 Å². The number of carbonyl (C=O) groups is 2. The van der Waals surface area contributed by atoms with Gasteiger partial charge in [-0.3, -0.25) is 9.69 Å². The number of unbranched alkanes of at least 4 members (excludes halogenated alkanes) is 14. The van der Waals surface area contributed by atoms with Crippen molar-refractivity contribution in [3.8, 4) is 0 Å². The molecule has 5 atom stereocenters. The van der Waals surface area contributed by atoms with E-state index < -0.39 is 36.7 Å². The Kier molecular flexibility index (Phi) is 21.7. The van der Waals surface area contributed by atoms with Gasteiger partial charge in [0.2, 0.25) is 0 Å². The SMILES string of the molecule is CCCCCCCCCCCCCCCCCC(=O)C[C@H]1O[C@H](OC)[C@H](NCCCN(C(=O)OCc2ccccc2)c2ccccc2)[C@@H](O)[C@@H]1O. The van der Waals surface area contributed by atoms with Crippen LogP contribution in [0.1, 0.15) is 128 Å². The van der Waals surface area contributed by atoms with Gasteiger partial charge in [-0.05, 0) is 37.1 Å². The fourth-order valence-electron chi connectivity index (χ4n) is 6.78. The molecule has 1 aliphatic heterocycles. The third kappa shape index (κ3) is 16.6. The average molecular weight is 711 g/mol. The third-order valence-electron chi connectivity index (χ3n) is 9.85. The number of anilines is 1. The lowest BCUT2D eigenvalue weighted by atomic mass is 9.92. The number of hydrogen-bond acceptors (Lipinski definition) is 8. The second-order valence-corrected chi connectivity index (χ2v) is 14.1. The minimum Gasteiger partial charge on any atom is -0.444 e. The number of para-hydroxylation sites is 1. The number of aliphatic hydroxyl groups excluding tert-OH is 2. The summed E-state index contributed by atoms with van der Waals surface area (Å²) in [5.41, 5.74) is 1.62. The van der Waals surface area contributed by atoms with Gasteiger partial charge in [-0.25, -0.2) is 4.79 Å². The first kappa shape index (κ1) is 42.6. The smallest absolute Gasteiger partial charge is 0.414 e. The Morgan fingerprint density at radius 3 is 1.86 bits per heavy atom. The molecule has 3 rings (SSSR count). The molecule has 286 valence electrons. The maximum Gasteiger partial charge on any atom is 0.414 e. The molecule has 0 spiro atoms. The van der Waals surface area contributed by atoms with Gasteiger partial charge in [0.1, 0.15) is 24.6 Å². The highest BCUT2D eigenvalue weighted by atomic mass is 16.7. The Morgan fingerprint density at radius 2 is 1.29 bits per heavy atom. The second kappa shape index (κ2) is 26.0. The number of nitrogens with zero attached hydrogens (tertiary/aromatic N) is 1. The largest absolute Gasteiger partial charge is 0.444 e. The Hall–Kier alpha value is -2.82. The number of ketones is 1. The standard InChI is InChI=1S/C42H66N2O7/c1-3-4-5-6-7-8-9-10-11-12-13-14-15-16-23-29-36(45)32-37-39(46)40(47)38(41(49-2)51-37)43-30-24-31-44(35-27-21-18-22-28-35)42(48)50-33-34-25-19-17-20-26-34/h17-22,25-28,37-41,43,46-47H,3-16,23-24,29-33H2,1-2H3/t37-,38-,39-,40-,41+/m1/s1. The van der Waals surface area contributed by atoms with Crippen LogP contribution in [0.2, 0.25) is 0 Å². The first-order valence-corrected chi connectivity index (χ1v) is 19.8. The molecule has 0 bridgehead atoms. The highest BCUT2D eigenvalue weighted by Crippen LogP contribution is 2.25. The molecule has 0 aliphatic carbocycles. The number of Topliss-reactive ketones (excluding diaryl/α,β-unsaturated/α-hetero) is 1. The van der Waals surface area contributed by atoms with E-state index in [1.807, 2.05) is 60.7 Å². The molecular formula is C42H66N2O7. The van der Waals surface area contributed by atoms with Gasteiger partial charge in [-0.2, -0.15) is 0 Å². The van der Waals surface area contributed by atoms with Crippen molar-refractivity contribution in [3.05, 3.63) is 66.2 Å². The monoisotopic (exact) mass is 710 g/mol. The predicted molar refractivity (Wildman–Crippen MR) is 204 cm³/mol. The molecule has 1 heterocycles. The lowest BCUT2D eigenvalue weighted by Gasteiger charge is -2.42. The zero-order chi connectivity index (χ0) is 36.5. The molecule has 2 aromatic rings. The van der Waals surface area contributed by atoms with Crippen molar-refractivity contribution in [1.82, 2.24) is 5.32 Å². The average Bonchev–Trinajstić information content (AvgIpc) is 3.15. The molecule has 0 saturated carbocycles. The predicted octanol–water partition coefficient (Wildman–Crippen LogP) is 8.49. The van der Waals surface area contributed by atoms with E-state index in [1.165, 1.54) is 84.2 Å². The molecule has 1 aliphatic rings. The number of amides is 1. The van der Waals surface area contributed by atoms with Crippen molar-refractivity contribution < 1.29 is 34.0 Å². The summed E-state index contributed by atoms with van der Waals surface area (Å²) in [6.45, 7) is 3.21. The van der Waals surface area contributed by atoms with E-state index >= 15 is 0 Å². The van der Waals surface area contributed by atoms with Gasteiger partial charge in [-0.15, -0.1) is 0 Å². The normalized spacial score (nSPS) is 20.3. The van der Waals surface area contributed by atoms with Crippen LogP contribution in [-0.4, -0.2) is 72.9 Å². The van der Waals surface area contributed by atoms with Crippen LogP contribution in [0.5, 0.6) is 0 Å². The minimum absolute atomic E-state index is 0.0300. The van der Waals surface area contributed by atoms with Crippen molar-refractivity contribution in [3.63, 3.8) is 0 Å². The Morgan fingerprint density at radius 1 is 0.745 bits per heavy atom. The van der Waals surface area contributed by atoms with Crippen molar-refractivity contribution in [2.45, 2.75) is 160 Å². The molecule has 0 unspecified atom stereocenters. The van der Waals surface area contributed by atoms with Crippen molar-refractivity contribution >= 4 is 17.6 Å². The number of methoxy groups -OCH3 is 1. The number of aliphatic hydroxyl groups is 2. The van der Waals surface area contributed by atoms with Crippen LogP contribution in [0.25, 0.3) is 0 Å². The third-order valence-corrected chi connectivity index (χ3v) is 9.85. The van der Waals surface area contributed by atoms with Crippen molar-refractivity contribution in [1.29, 1.82) is 0 Å². The summed E-state index contributed by atoms with van der Waals surface area (Å²) in [5.74, 6) is 0.0300. The quantitative estimate of drug-likeness (QED) is 0.0791. The van der Waals surface area contributed by atoms with E-state index in [9.17, 15) is 19.8 Å². The van der Waals surface area contributed by atoms with Gasteiger partial charge >= 0.3 is 6.09 Å². The van der Waals surface area contributed by atoms with Crippen LogP contribution in [0.3, 0.4) is 0 Å². The summed E-state index contributed by atoms with van der Waals surface area (Å²) in [7, 11) is 1.48. The number of nitrogens with one attached hydrogen (secondary N) is 1. The van der Waals surface area contributed by atoms with Crippen LogP contribution < -0.4 is 10.2 Å². The van der Waals surface area contributed by atoms with Crippen molar-refractivity contribution in [2.24, 2.45) is 0 Å². The number of carbonyl (C=O) groups excluding carboxylic acids is 2. The highest BCUT2D eigenvalue weighted by molar-refractivity contribution is 5.87. The molecule has 9 nitrogen and oxygen atoms in total. The summed E-state index contributed by atoms with van der Waals surface area (Å²) in [6.07, 6.45) is 15.6. The van der Waals surface area contributed by atoms with Gasteiger partial charge in [0, 0.05) is 32.2 Å². The zero-order valence-corrected chi connectivity index (χ0v) is 31.4. The van der Waals surface area contributed by atoms with Crippen LogP contribution in [0, 0.1) is 0 Å². The number of rotatable bonds is 27. The molecule has 3 N–H and O–H groups in total.